The summed E-state index contributed by atoms with van der Waals surface area (Å²) in [5.41, 5.74) is 1.11. The summed E-state index contributed by atoms with van der Waals surface area (Å²) in [6.45, 7) is 0.792. The summed E-state index contributed by atoms with van der Waals surface area (Å²) in [7, 11) is 0. The highest BCUT2D eigenvalue weighted by molar-refractivity contribution is 7.07. The number of amides is 1. The molecule has 2 unspecified atom stereocenters. The van der Waals surface area contributed by atoms with Gasteiger partial charge in [0.1, 0.15) is 0 Å². The third-order valence-corrected chi connectivity index (χ3v) is 4.90. The molecule has 0 bridgehead atoms. The fraction of sp³-hybridized carbons (Fsp3) is 0.643. The van der Waals surface area contributed by atoms with Gasteiger partial charge in [-0.15, -0.1) is 11.6 Å². The lowest BCUT2D eigenvalue weighted by atomic mass is 9.80. The Hall–Kier alpha value is -0.540. The molecule has 0 radical (unpaired) electrons. The van der Waals surface area contributed by atoms with Crippen LogP contribution in [0.15, 0.2) is 16.8 Å². The highest BCUT2D eigenvalue weighted by Crippen LogP contribution is 2.30. The van der Waals surface area contributed by atoms with Gasteiger partial charge >= 0.3 is 0 Å². The predicted octanol–water partition coefficient (Wildman–Crippen LogP) is 3.45. The molecule has 1 aliphatic rings. The molecule has 1 aromatic heterocycles. The van der Waals surface area contributed by atoms with Crippen molar-refractivity contribution in [3.8, 4) is 0 Å². The quantitative estimate of drug-likeness (QED) is 0.825. The summed E-state index contributed by atoms with van der Waals surface area (Å²) in [4.78, 5) is 11.8. The highest BCUT2D eigenvalue weighted by Gasteiger charge is 2.24. The second-order valence-electron chi connectivity index (χ2n) is 5.07. The number of hydrogen-bond donors (Lipinski definition) is 1. The van der Waals surface area contributed by atoms with Crippen LogP contribution in [0, 0.1) is 11.8 Å². The Bertz CT molecular complexity index is 366. The molecule has 18 heavy (non-hydrogen) atoms. The maximum Gasteiger partial charge on any atom is 0.224 e. The molecule has 1 N–H and O–H groups in total. The van der Waals surface area contributed by atoms with Gasteiger partial charge in [0, 0.05) is 12.4 Å². The summed E-state index contributed by atoms with van der Waals surface area (Å²) in [5, 5.41) is 7.10. The van der Waals surface area contributed by atoms with Crippen molar-refractivity contribution in [2.24, 2.45) is 11.8 Å². The minimum atomic E-state index is 0.132. The average Bonchev–Trinajstić information content (AvgIpc) is 2.89. The van der Waals surface area contributed by atoms with E-state index < -0.39 is 0 Å². The predicted molar refractivity (Wildman–Crippen MR) is 77.2 cm³/mol. The Kier molecular flexibility index (Phi) is 5.51. The Balaban J connectivity index is 1.74. The summed E-state index contributed by atoms with van der Waals surface area (Å²) in [5.74, 6) is 2.02. The largest absolute Gasteiger partial charge is 0.356 e. The smallest absolute Gasteiger partial charge is 0.224 e. The number of alkyl halides is 1. The Labute approximate surface area is 118 Å². The molecule has 2 rings (SSSR count). The minimum Gasteiger partial charge on any atom is -0.356 e. The molecule has 2 nitrogen and oxygen atoms in total. The maximum atomic E-state index is 11.8. The number of carbonyl (C=O) groups excluding carboxylic acids is 1. The van der Waals surface area contributed by atoms with E-state index in [4.69, 9.17) is 11.6 Å². The van der Waals surface area contributed by atoms with Crippen LogP contribution in [0.1, 0.15) is 31.2 Å². The van der Waals surface area contributed by atoms with Gasteiger partial charge in [-0.3, -0.25) is 4.79 Å². The van der Waals surface area contributed by atoms with Crippen molar-refractivity contribution >= 4 is 28.8 Å². The van der Waals surface area contributed by atoms with Crippen LogP contribution < -0.4 is 5.32 Å². The molecule has 1 heterocycles. The summed E-state index contributed by atoms with van der Waals surface area (Å²) in [6.07, 6.45) is 5.49. The van der Waals surface area contributed by atoms with Crippen molar-refractivity contribution in [3.63, 3.8) is 0 Å². The second-order valence-corrected chi connectivity index (χ2v) is 6.16. The molecular weight excluding hydrogens is 266 g/mol. The summed E-state index contributed by atoms with van der Waals surface area (Å²) >= 11 is 7.63. The third kappa shape index (κ3) is 3.99. The zero-order valence-corrected chi connectivity index (χ0v) is 12.1. The van der Waals surface area contributed by atoms with Crippen molar-refractivity contribution in [2.75, 3.05) is 12.4 Å². The Morgan fingerprint density at radius 3 is 2.83 bits per heavy atom. The van der Waals surface area contributed by atoms with E-state index in [9.17, 15) is 4.79 Å². The topological polar surface area (TPSA) is 29.1 Å². The number of nitrogens with one attached hydrogen (secondary N) is 1. The van der Waals surface area contributed by atoms with Crippen LogP contribution in [0.4, 0.5) is 0 Å². The molecule has 1 fully saturated rings. The molecule has 0 spiro atoms. The number of rotatable bonds is 5. The zero-order chi connectivity index (χ0) is 12.8. The molecule has 0 aromatic carbocycles. The number of thiophene rings is 1. The molecule has 1 aliphatic carbocycles. The first-order valence-corrected chi connectivity index (χ1v) is 8.11. The monoisotopic (exact) mass is 285 g/mol. The lowest BCUT2D eigenvalue weighted by Crippen LogP contribution is -2.35. The van der Waals surface area contributed by atoms with Gasteiger partial charge < -0.3 is 5.32 Å². The van der Waals surface area contributed by atoms with Gasteiger partial charge in [0.2, 0.25) is 5.91 Å². The fourth-order valence-electron chi connectivity index (χ4n) is 2.64. The lowest BCUT2D eigenvalue weighted by Gasteiger charge is -2.30. The van der Waals surface area contributed by atoms with Gasteiger partial charge in [-0.05, 0) is 47.1 Å². The van der Waals surface area contributed by atoms with Gasteiger partial charge in [0.15, 0.2) is 0 Å². The molecule has 0 saturated heterocycles. The molecule has 1 amide bonds. The fourth-order valence-corrected chi connectivity index (χ4v) is 3.72. The highest BCUT2D eigenvalue weighted by atomic mass is 35.5. The van der Waals surface area contributed by atoms with E-state index in [-0.39, 0.29) is 5.91 Å². The van der Waals surface area contributed by atoms with Crippen LogP contribution in [0.5, 0.6) is 0 Å². The zero-order valence-electron chi connectivity index (χ0n) is 10.5. The van der Waals surface area contributed by atoms with E-state index in [1.54, 1.807) is 11.3 Å². The van der Waals surface area contributed by atoms with Crippen molar-refractivity contribution in [1.29, 1.82) is 0 Å². The van der Waals surface area contributed by atoms with E-state index in [0.717, 1.165) is 18.0 Å². The molecule has 4 heteroatoms. The number of halogens is 1. The molecule has 0 aliphatic heterocycles. The molecule has 2 atom stereocenters. The molecule has 1 aromatic rings. The van der Waals surface area contributed by atoms with Gasteiger partial charge in [0.25, 0.3) is 0 Å². The normalized spacial score (nSPS) is 23.8. The van der Waals surface area contributed by atoms with E-state index in [1.807, 2.05) is 16.8 Å². The van der Waals surface area contributed by atoms with E-state index in [2.05, 4.69) is 5.32 Å². The molecule has 100 valence electrons. The SMILES string of the molecule is O=C(Cc1ccsc1)NCC1CCCCC1CCl. The number of hydrogen-bond acceptors (Lipinski definition) is 2. The van der Waals surface area contributed by atoms with Crippen molar-refractivity contribution < 1.29 is 4.79 Å². The van der Waals surface area contributed by atoms with E-state index in [1.165, 1.54) is 25.7 Å². The second kappa shape index (κ2) is 7.15. The third-order valence-electron chi connectivity index (χ3n) is 3.77. The van der Waals surface area contributed by atoms with Crippen LogP contribution in [-0.4, -0.2) is 18.3 Å². The standard InChI is InChI=1S/C14H20ClNOS/c15-8-12-3-1-2-4-13(12)9-16-14(17)7-11-5-6-18-10-11/h5-6,10,12-13H,1-4,7-9H2,(H,16,17). The summed E-state index contributed by atoms with van der Waals surface area (Å²) < 4.78 is 0. The maximum absolute atomic E-state index is 11.8. The van der Waals surface area contributed by atoms with Crippen LogP contribution in [0.2, 0.25) is 0 Å². The molecule has 1 saturated carbocycles. The minimum absolute atomic E-state index is 0.132. The summed E-state index contributed by atoms with van der Waals surface area (Å²) in [6, 6.07) is 2.01. The van der Waals surface area contributed by atoms with Gasteiger partial charge in [0.05, 0.1) is 6.42 Å². The van der Waals surface area contributed by atoms with E-state index >= 15 is 0 Å². The van der Waals surface area contributed by atoms with Crippen molar-refractivity contribution in [1.82, 2.24) is 5.32 Å². The first-order chi connectivity index (χ1) is 8.79. The van der Waals surface area contributed by atoms with Crippen molar-refractivity contribution in [2.45, 2.75) is 32.1 Å². The van der Waals surface area contributed by atoms with Gasteiger partial charge in [-0.1, -0.05) is 12.8 Å². The van der Waals surface area contributed by atoms with Crippen LogP contribution in [0.25, 0.3) is 0 Å². The van der Waals surface area contributed by atoms with Gasteiger partial charge in [-0.2, -0.15) is 11.3 Å². The van der Waals surface area contributed by atoms with Crippen LogP contribution in [0.3, 0.4) is 0 Å². The lowest BCUT2D eigenvalue weighted by molar-refractivity contribution is -0.120. The number of carbonyl (C=O) groups is 1. The van der Waals surface area contributed by atoms with Gasteiger partial charge in [-0.25, -0.2) is 0 Å². The van der Waals surface area contributed by atoms with E-state index in [0.29, 0.717) is 18.3 Å². The van der Waals surface area contributed by atoms with Crippen LogP contribution >= 0.6 is 22.9 Å². The molecular formula is C14H20ClNOS. The van der Waals surface area contributed by atoms with Crippen molar-refractivity contribution in [3.05, 3.63) is 22.4 Å². The Morgan fingerprint density at radius 2 is 2.17 bits per heavy atom. The van der Waals surface area contributed by atoms with Crippen LogP contribution in [-0.2, 0) is 11.2 Å². The Morgan fingerprint density at radius 1 is 1.39 bits per heavy atom. The first kappa shape index (κ1) is 13.9. The first-order valence-electron chi connectivity index (χ1n) is 6.63. The average molecular weight is 286 g/mol.